The van der Waals surface area contributed by atoms with E-state index in [1.807, 2.05) is 0 Å². The summed E-state index contributed by atoms with van der Waals surface area (Å²) in [6.45, 7) is 8.64. The fourth-order valence-corrected chi connectivity index (χ4v) is 1.55. The number of nitrogens with zero attached hydrogens (tertiary/aromatic N) is 1. The summed E-state index contributed by atoms with van der Waals surface area (Å²) >= 11 is 0. The van der Waals surface area contributed by atoms with E-state index in [4.69, 9.17) is 4.74 Å². The van der Waals surface area contributed by atoms with Crippen LogP contribution >= 0.6 is 0 Å². The molecule has 0 aromatic carbocycles. The molecule has 2 heteroatoms. The SMILES string of the molecule is CCN(CC)[C@H]1CCOC1. The third-order valence-corrected chi connectivity index (χ3v) is 2.23. The minimum absolute atomic E-state index is 0.704. The summed E-state index contributed by atoms with van der Waals surface area (Å²) in [5.74, 6) is 0. The summed E-state index contributed by atoms with van der Waals surface area (Å²) in [4.78, 5) is 2.47. The molecule has 1 aliphatic heterocycles. The lowest BCUT2D eigenvalue weighted by Gasteiger charge is -2.23. The molecule has 1 rings (SSSR count). The Hall–Kier alpha value is -0.0800. The Morgan fingerprint density at radius 2 is 2.10 bits per heavy atom. The molecule has 1 aliphatic rings. The molecule has 60 valence electrons. The van der Waals surface area contributed by atoms with Gasteiger partial charge in [0.05, 0.1) is 6.61 Å². The van der Waals surface area contributed by atoms with E-state index in [-0.39, 0.29) is 0 Å². The first-order valence-corrected chi connectivity index (χ1v) is 4.20. The largest absolute Gasteiger partial charge is 0.380 e. The van der Waals surface area contributed by atoms with Crippen LogP contribution in [0.25, 0.3) is 0 Å². The van der Waals surface area contributed by atoms with Crippen LogP contribution in [0.15, 0.2) is 0 Å². The van der Waals surface area contributed by atoms with Crippen molar-refractivity contribution in [3.63, 3.8) is 0 Å². The highest BCUT2D eigenvalue weighted by atomic mass is 16.5. The number of ether oxygens (including phenoxy) is 1. The molecule has 0 unspecified atom stereocenters. The van der Waals surface area contributed by atoms with E-state index in [9.17, 15) is 0 Å². The van der Waals surface area contributed by atoms with Crippen molar-refractivity contribution in [2.24, 2.45) is 0 Å². The normalized spacial score (nSPS) is 26.1. The molecule has 0 radical (unpaired) electrons. The first-order chi connectivity index (χ1) is 4.88. The molecule has 1 saturated heterocycles. The molecule has 0 aromatic rings. The van der Waals surface area contributed by atoms with Gasteiger partial charge in [0.1, 0.15) is 0 Å². The molecule has 0 amide bonds. The van der Waals surface area contributed by atoms with Gasteiger partial charge in [-0.25, -0.2) is 0 Å². The lowest BCUT2D eigenvalue weighted by Crippen LogP contribution is -2.35. The Labute approximate surface area is 63.2 Å². The van der Waals surface area contributed by atoms with Crippen molar-refractivity contribution in [2.75, 3.05) is 26.3 Å². The van der Waals surface area contributed by atoms with Crippen LogP contribution in [0, 0.1) is 0 Å². The average molecular weight is 143 g/mol. The molecule has 0 aliphatic carbocycles. The molecule has 1 atom stereocenters. The summed E-state index contributed by atoms with van der Waals surface area (Å²) in [6, 6.07) is 0.704. The molecule has 0 N–H and O–H groups in total. The van der Waals surface area contributed by atoms with Crippen molar-refractivity contribution in [3.8, 4) is 0 Å². The summed E-state index contributed by atoms with van der Waals surface area (Å²) < 4.78 is 5.30. The predicted octanol–water partition coefficient (Wildman–Crippen LogP) is 1.12. The van der Waals surface area contributed by atoms with Gasteiger partial charge in [0.25, 0.3) is 0 Å². The predicted molar refractivity (Wildman–Crippen MR) is 42.1 cm³/mol. The van der Waals surface area contributed by atoms with Gasteiger partial charge >= 0.3 is 0 Å². The van der Waals surface area contributed by atoms with Crippen LogP contribution in [0.2, 0.25) is 0 Å². The van der Waals surface area contributed by atoms with Crippen LogP contribution in [0.1, 0.15) is 20.3 Å². The first kappa shape index (κ1) is 8.02. The zero-order chi connectivity index (χ0) is 7.40. The molecule has 0 saturated carbocycles. The average Bonchev–Trinajstić information content (AvgIpc) is 2.43. The van der Waals surface area contributed by atoms with E-state index < -0.39 is 0 Å². The molecule has 1 heterocycles. The summed E-state index contributed by atoms with van der Waals surface area (Å²) in [5.41, 5.74) is 0. The second-order valence-corrected chi connectivity index (χ2v) is 2.74. The van der Waals surface area contributed by atoms with Crippen LogP contribution in [0.5, 0.6) is 0 Å². The maximum absolute atomic E-state index is 5.30. The van der Waals surface area contributed by atoms with Crippen LogP contribution in [0.3, 0.4) is 0 Å². The van der Waals surface area contributed by atoms with E-state index in [0.29, 0.717) is 6.04 Å². The second kappa shape index (κ2) is 3.94. The fourth-order valence-electron chi connectivity index (χ4n) is 1.55. The second-order valence-electron chi connectivity index (χ2n) is 2.74. The Kier molecular flexibility index (Phi) is 3.16. The number of rotatable bonds is 3. The van der Waals surface area contributed by atoms with Crippen molar-refractivity contribution in [3.05, 3.63) is 0 Å². The van der Waals surface area contributed by atoms with Crippen molar-refractivity contribution in [1.82, 2.24) is 4.90 Å². The molecule has 2 nitrogen and oxygen atoms in total. The van der Waals surface area contributed by atoms with Gasteiger partial charge in [-0.05, 0) is 19.5 Å². The molecule has 0 spiro atoms. The molecular weight excluding hydrogens is 126 g/mol. The highest BCUT2D eigenvalue weighted by Crippen LogP contribution is 2.10. The topological polar surface area (TPSA) is 12.5 Å². The lowest BCUT2D eigenvalue weighted by molar-refractivity contribution is 0.151. The van der Waals surface area contributed by atoms with Crippen LogP contribution in [0.4, 0.5) is 0 Å². The van der Waals surface area contributed by atoms with E-state index in [2.05, 4.69) is 18.7 Å². The van der Waals surface area contributed by atoms with Gasteiger partial charge < -0.3 is 4.74 Å². The van der Waals surface area contributed by atoms with Crippen molar-refractivity contribution in [2.45, 2.75) is 26.3 Å². The van der Waals surface area contributed by atoms with Gasteiger partial charge in [-0.15, -0.1) is 0 Å². The lowest BCUT2D eigenvalue weighted by atomic mass is 10.2. The van der Waals surface area contributed by atoms with E-state index >= 15 is 0 Å². The number of hydrogen-bond acceptors (Lipinski definition) is 2. The summed E-state index contributed by atoms with van der Waals surface area (Å²) in [6.07, 6.45) is 1.22. The van der Waals surface area contributed by atoms with Gasteiger partial charge in [-0.3, -0.25) is 4.90 Å². The zero-order valence-corrected chi connectivity index (χ0v) is 6.97. The van der Waals surface area contributed by atoms with Gasteiger partial charge in [-0.1, -0.05) is 13.8 Å². The minimum atomic E-state index is 0.704. The summed E-state index contributed by atoms with van der Waals surface area (Å²) in [5, 5.41) is 0. The fraction of sp³-hybridized carbons (Fsp3) is 1.00. The van der Waals surface area contributed by atoms with Gasteiger partial charge in [0.15, 0.2) is 0 Å². The standard InChI is InChI=1S/C8H17NO/c1-3-9(4-2)8-5-6-10-7-8/h8H,3-7H2,1-2H3/t8-/m0/s1. The Morgan fingerprint density at radius 3 is 2.50 bits per heavy atom. The van der Waals surface area contributed by atoms with Crippen molar-refractivity contribution >= 4 is 0 Å². The molecular formula is C8H17NO. The Balaban J connectivity index is 2.29. The maximum atomic E-state index is 5.30. The first-order valence-electron chi connectivity index (χ1n) is 4.20. The van der Waals surface area contributed by atoms with Crippen molar-refractivity contribution < 1.29 is 4.74 Å². The highest BCUT2D eigenvalue weighted by Gasteiger charge is 2.19. The number of likely N-dealkylation sites (N-methyl/N-ethyl adjacent to an activating group) is 1. The van der Waals surface area contributed by atoms with E-state index in [0.717, 1.165) is 26.3 Å². The Bertz CT molecular complexity index is 85.3. The van der Waals surface area contributed by atoms with Gasteiger partial charge in [0.2, 0.25) is 0 Å². The minimum Gasteiger partial charge on any atom is -0.380 e. The van der Waals surface area contributed by atoms with Crippen LogP contribution < -0.4 is 0 Å². The van der Waals surface area contributed by atoms with E-state index in [1.165, 1.54) is 6.42 Å². The highest BCUT2D eigenvalue weighted by molar-refractivity contribution is 4.73. The third-order valence-electron chi connectivity index (χ3n) is 2.23. The van der Waals surface area contributed by atoms with Crippen molar-refractivity contribution in [1.29, 1.82) is 0 Å². The van der Waals surface area contributed by atoms with Crippen LogP contribution in [-0.4, -0.2) is 37.2 Å². The molecule has 1 fully saturated rings. The molecule has 0 bridgehead atoms. The number of hydrogen-bond donors (Lipinski definition) is 0. The molecule has 0 aromatic heterocycles. The smallest absolute Gasteiger partial charge is 0.0622 e. The zero-order valence-electron chi connectivity index (χ0n) is 6.97. The summed E-state index contributed by atoms with van der Waals surface area (Å²) in [7, 11) is 0. The van der Waals surface area contributed by atoms with Gasteiger partial charge in [0, 0.05) is 12.6 Å². The molecule has 10 heavy (non-hydrogen) atoms. The van der Waals surface area contributed by atoms with Gasteiger partial charge in [-0.2, -0.15) is 0 Å². The third kappa shape index (κ3) is 1.70. The van der Waals surface area contributed by atoms with Crippen LogP contribution in [-0.2, 0) is 4.74 Å². The van der Waals surface area contributed by atoms with E-state index in [1.54, 1.807) is 0 Å². The Morgan fingerprint density at radius 1 is 1.40 bits per heavy atom. The monoisotopic (exact) mass is 143 g/mol. The maximum Gasteiger partial charge on any atom is 0.0622 e. The quantitative estimate of drug-likeness (QED) is 0.587.